The molecule has 0 atom stereocenters. The highest BCUT2D eigenvalue weighted by Gasteiger charge is 2.14. The van der Waals surface area contributed by atoms with Crippen LogP contribution in [0.25, 0.3) is 11.3 Å². The Morgan fingerprint density at radius 3 is 2.50 bits per heavy atom. The Balaban J connectivity index is 2.43. The lowest BCUT2D eigenvalue weighted by atomic mass is 9.77. The number of aromatic nitrogens is 1. The highest BCUT2D eigenvalue weighted by atomic mass is 16.4. The molecule has 2 rings (SSSR count). The predicted octanol–water partition coefficient (Wildman–Crippen LogP) is 0.737. The Morgan fingerprint density at radius 2 is 1.94 bits per heavy atom. The molecule has 0 saturated heterocycles. The Hall–Kier alpha value is -1.65. The van der Waals surface area contributed by atoms with Gasteiger partial charge in [0.15, 0.2) is 0 Å². The van der Waals surface area contributed by atoms with Crippen molar-refractivity contribution in [3.63, 3.8) is 0 Å². The smallest absolute Gasteiger partial charge is 0.423 e. The molecular formula is C12H12BNO2. The van der Waals surface area contributed by atoms with Crippen LogP contribution < -0.4 is 5.46 Å². The van der Waals surface area contributed by atoms with Gasteiger partial charge in [-0.05, 0) is 24.5 Å². The molecule has 4 heteroatoms. The molecule has 1 heterocycles. The summed E-state index contributed by atoms with van der Waals surface area (Å²) < 4.78 is 0. The largest absolute Gasteiger partial charge is 0.488 e. The van der Waals surface area contributed by atoms with Crippen LogP contribution in [-0.4, -0.2) is 22.2 Å². The zero-order valence-electron chi connectivity index (χ0n) is 8.96. The van der Waals surface area contributed by atoms with E-state index in [2.05, 4.69) is 4.98 Å². The third-order valence-electron chi connectivity index (χ3n) is 2.51. The number of nitrogens with zero attached hydrogens (tertiary/aromatic N) is 1. The molecule has 16 heavy (non-hydrogen) atoms. The Bertz CT molecular complexity index is 486. The molecule has 3 nitrogen and oxygen atoms in total. The van der Waals surface area contributed by atoms with Gasteiger partial charge < -0.3 is 10.0 Å². The van der Waals surface area contributed by atoms with E-state index in [1.807, 2.05) is 37.3 Å². The minimum atomic E-state index is -1.42. The second-order valence-corrected chi connectivity index (χ2v) is 3.66. The maximum atomic E-state index is 9.11. The minimum Gasteiger partial charge on any atom is -0.423 e. The van der Waals surface area contributed by atoms with Crippen molar-refractivity contribution in [2.45, 2.75) is 6.92 Å². The van der Waals surface area contributed by atoms with Crippen LogP contribution in [0.5, 0.6) is 0 Å². The molecule has 0 spiro atoms. The van der Waals surface area contributed by atoms with Crippen molar-refractivity contribution in [1.29, 1.82) is 0 Å². The Morgan fingerprint density at radius 1 is 1.12 bits per heavy atom. The van der Waals surface area contributed by atoms with Gasteiger partial charge in [0.25, 0.3) is 0 Å². The summed E-state index contributed by atoms with van der Waals surface area (Å²) in [5, 5.41) is 18.2. The van der Waals surface area contributed by atoms with Gasteiger partial charge in [-0.2, -0.15) is 0 Å². The van der Waals surface area contributed by atoms with Crippen molar-refractivity contribution < 1.29 is 10.0 Å². The zero-order valence-corrected chi connectivity index (χ0v) is 8.96. The van der Waals surface area contributed by atoms with Crippen molar-refractivity contribution in [2.24, 2.45) is 0 Å². The van der Waals surface area contributed by atoms with Crippen LogP contribution in [-0.2, 0) is 0 Å². The van der Waals surface area contributed by atoms with E-state index in [0.29, 0.717) is 5.46 Å². The van der Waals surface area contributed by atoms with E-state index in [1.54, 1.807) is 12.3 Å². The Labute approximate surface area is 94.6 Å². The first-order chi connectivity index (χ1) is 7.68. The summed E-state index contributed by atoms with van der Waals surface area (Å²) in [5.74, 6) is 0. The number of rotatable bonds is 2. The summed E-state index contributed by atoms with van der Waals surface area (Å²) >= 11 is 0. The number of aryl methyl sites for hydroxylation is 1. The molecule has 2 aromatic rings. The summed E-state index contributed by atoms with van der Waals surface area (Å²) in [6.07, 6.45) is 1.74. The molecule has 0 aliphatic rings. The summed E-state index contributed by atoms with van der Waals surface area (Å²) in [6.45, 7) is 1.85. The van der Waals surface area contributed by atoms with Crippen LogP contribution in [0.3, 0.4) is 0 Å². The van der Waals surface area contributed by atoms with Gasteiger partial charge in [-0.3, -0.25) is 4.98 Å². The van der Waals surface area contributed by atoms with Gasteiger partial charge in [-0.25, -0.2) is 0 Å². The van der Waals surface area contributed by atoms with Crippen molar-refractivity contribution >= 4 is 12.6 Å². The number of hydrogen-bond donors (Lipinski definition) is 2. The molecule has 1 aromatic carbocycles. The van der Waals surface area contributed by atoms with Gasteiger partial charge >= 0.3 is 7.12 Å². The summed E-state index contributed by atoms with van der Waals surface area (Å²) in [5.41, 5.74) is 3.23. The fourth-order valence-electron chi connectivity index (χ4n) is 1.66. The molecule has 0 bridgehead atoms. The van der Waals surface area contributed by atoms with E-state index in [0.717, 1.165) is 16.8 Å². The van der Waals surface area contributed by atoms with Gasteiger partial charge in [0.2, 0.25) is 0 Å². The fourth-order valence-corrected chi connectivity index (χ4v) is 1.66. The van der Waals surface area contributed by atoms with Gasteiger partial charge in [0.05, 0.1) is 5.69 Å². The van der Waals surface area contributed by atoms with Crippen LogP contribution in [0, 0.1) is 6.92 Å². The van der Waals surface area contributed by atoms with E-state index >= 15 is 0 Å². The van der Waals surface area contributed by atoms with Crippen molar-refractivity contribution in [2.75, 3.05) is 0 Å². The normalized spacial score (nSPS) is 10.2. The predicted molar refractivity (Wildman–Crippen MR) is 64.2 cm³/mol. The SMILES string of the molecule is Cc1cc(-c2ccccn2)ccc1B(O)O. The molecule has 0 saturated carbocycles. The maximum absolute atomic E-state index is 9.11. The van der Waals surface area contributed by atoms with E-state index < -0.39 is 7.12 Å². The lowest BCUT2D eigenvalue weighted by Crippen LogP contribution is -2.31. The van der Waals surface area contributed by atoms with Crippen molar-refractivity contribution in [3.05, 3.63) is 48.2 Å². The fraction of sp³-hybridized carbons (Fsp3) is 0.0833. The molecule has 80 valence electrons. The first kappa shape index (κ1) is 10.9. The molecular weight excluding hydrogens is 201 g/mol. The highest BCUT2D eigenvalue weighted by Crippen LogP contribution is 2.16. The summed E-state index contributed by atoms with van der Waals surface area (Å²) in [4.78, 5) is 4.24. The second-order valence-electron chi connectivity index (χ2n) is 3.66. The topological polar surface area (TPSA) is 53.4 Å². The zero-order chi connectivity index (χ0) is 11.5. The summed E-state index contributed by atoms with van der Waals surface area (Å²) in [7, 11) is -1.42. The standard InChI is InChI=1S/C12H12BNO2/c1-9-8-10(5-6-11(9)13(15)16)12-4-2-3-7-14-12/h2-8,15-16H,1H3. The molecule has 0 aliphatic carbocycles. The molecule has 0 unspecified atom stereocenters. The second kappa shape index (κ2) is 4.47. The quantitative estimate of drug-likeness (QED) is 0.723. The number of hydrogen-bond acceptors (Lipinski definition) is 3. The van der Waals surface area contributed by atoms with Crippen molar-refractivity contribution in [1.82, 2.24) is 4.98 Å². The molecule has 0 aliphatic heterocycles. The average molecular weight is 213 g/mol. The van der Waals surface area contributed by atoms with E-state index in [1.165, 1.54) is 0 Å². The average Bonchev–Trinajstić information content (AvgIpc) is 2.29. The lowest BCUT2D eigenvalue weighted by Gasteiger charge is -2.07. The van der Waals surface area contributed by atoms with E-state index in [-0.39, 0.29) is 0 Å². The van der Waals surface area contributed by atoms with Crippen LogP contribution in [0.15, 0.2) is 42.6 Å². The molecule has 0 fully saturated rings. The molecule has 0 amide bonds. The van der Waals surface area contributed by atoms with E-state index in [4.69, 9.17) is 10.0 Å². The molecule has 0 radical (unpaired) electrons. The summed E-state index contributed by atoms with van der Waals surface area (Å²) in [6, 6.07) is 11.2. The van der Waals surface area contributed by atoms with Crippen molar-refractivity contribution in [3.8, 4) is 11.3 Å². The third kappa shape index (κ3) is 2.13. The first-order valence-electron chi connectivity index (χ1n) is 5.06. The van der Waals surface area contributed by atoms with Crippen LogP contribution in [0.4, 0.5) is 0 Å². The van der Waals surface area contributed by atoms with Crippen LogP contribution in [0.2, 0.25) is 0 Å². The molecule has 1 aromatic heterocycles. The molecule has 2 N–H and O–H groups in total. The monoisotopic (exact) mass is 213 g/mol. The number of pyridine rings is 1. The Kier molecular flexibility index (Phi) is 3.03. The third-order valence-corrected chi connectivity index (χ3v) is 2.51. The van der Waals surface area contributed by atoms with Gasteiger partial charge in [0, 0.05) is 11.8 Å². The van der Waals surface area contributed by atoms with Gasteiger partial charge in [-0.15, -0.1) is 0 Å². The van der Waals surface area contributed by atoms with Gasteiger partial charge in [-0.1, -0.05) is 29.8 Å². The minimum absolute atomic E-state index is 0.527. The maximum Gasteiger partial charge on any atom is 0.488 e. The highest BCUT2D eigenvalue weighted by molar-refractivity contribution is 6.59. The van der Waals surface area contributed by atoms with Crippen LogP contribution >= 0.6 is 0 Å². The van der Waals surface area contributed by atoms with Gasteiger partial charge in [0.1, 0.15) is 0 Å². The first-order valence-corrected chi connectivity index (χ1v) is 5.06. The van der Waals surface area contributed by atoms with E-state index in [9.17, 15) is 0 Å². The number of benzene rings is 1. The van der Waals surface area contributed by atoms with Crippen LogP contribution in [0.1, 0.15) is 5.56 Å². The lowest BCUT2D eigenvalue weighted by molar-refractivity contribution is 0.425.